The van der Waals surface area contributed by atoms with Crippen LogP contribution in [-0.2, 0) is 9.53 Å². The second-order valence-corrected chi connectivity index (χ2v) is 6.28. The number of anilines is 1. The molecular formula is C19H24N2O4. The first-order valence-electron chi connectivity index (χ1n) is 8.12. The van der Waals surface area contributed by atoms with Gasteiger partial charge < -0.3 is 20.1 Å². The van der Waals surface area contributed by atoms with Crippen LogP contribution in [0.1, 0.15) is 51.5 Å². The number of H-pyrrole nitrogens is 1. The SMILES string of the molecule is Cc1ccc(C)c(NC(=O)COC(=O)c2[nH]c(C)c([C@H](C)O)c2C)c1. The van der Waals surface area contributed by atoms with Gasteiger partial charge in [-0.25, -0.2) is 4.79 Å². The number of aliphatic hydroxyl groups is 1. The standard InChI is InChI=1S/C19H24N2O4/c1-10-6-7-11(2)15(8-10)21-16(23)9-25-19(24)18-12(3)17(14(5)22)13(4)20-18/h6-8,14,20,22H,9H2,1-5H3,(H,21,23)/t14-/m0/s1. The zero-order chi connectivity index (χ0) is 18.7. The molecule has 1 amide bonds. The molecule has 0 aliphatic heterocycles. The summed E-state index contributed by atoms with van der Waals surface area (Å²) < 4.78 is 5.10. The fourth-order valence-electron chi connectivity index (χ4n) is 2.86. The van der Waals surface area contributed by atoms with Crippen molar-refractivity contribution in [2.45, 2.75) is 40.7 Å². The Labute approximate surface area is 147 Å². The molecule has 25 heavy (non-hydrogen) atoms. The summed E-state index contributed by atoms with van der Waals surface area (Å²) in [7, 11) is 0. The number of nitrogens with one attached hydrogen (secondary N) is 2. The number of esters is 1. The molecule has 2 rings (SSSR count). The number of rotatable bonds is 5. The minimum absolute atomic E-state index is 0.257. The maximum absolute atomic E-state index is 12.2. The van der Waals surface area contributed by atoms with Crippen LogP contribution in [0.3, 0.4) is 0 Å². The van der Waals surface area contributed by atoms with Crippen molar-refractivity contribution in [2.75, 3.05) is 11.9 Å². The molecule has 1 aromatic heterocycles. The lowest BCUT2D eigenvalue weighted by molar-refractivity contribution is -0.119. The second-order valence-electron chi connectivity index (χ2n) is 6.28. The molecule has 0 fully saturated rings. The number of carbonyl (C=O) groups excluding carboxylic acids is 2. The number of amides is 1. The van der Waals surface area contributed by atoms with E-state index in [0.717, 1.165) is 11.1 Å². The minimum Gasteiger partial charge on any atom is -0.451 e. The summed E-state index contributed by atoms with van der Waals surface area (Å²) in [5.41, 5.74) is 4.93. The van der Waals surface area contributed by atoms with E-state index in [4.69, 9.17) is 4.74 Å². The number of carbonyl (C=O) groups is 2. The Bertz CT molecular complexity index is 806. The average molecular weight is 344 g/mol. The average Bonchev–Trinajstić information content (AvgIpc) is 2.83. The van der Waals surface area contributed by atoms with Crippen molar-refractivity contribution < 1.29 is 19.4 Å². The molecule has 6 heteroatoms. The van der Waals surface area contributed by atoms with E-state index in [1.807, 2.05) is 32.0 Å². The van der Waals surface area contributed by atoms with Gasteiger partial charge >= 0.3 is 5.97 Å². The Kier molecular flexibility index (Phi) is 5.64. The molecule has 0 bridgehead atoms. The Hall–Kier alpha value is -2.60. The van der Waals surface area contributed by atoms with Gasteiger partial charge in [-0.15, -0.1) is 0 Å². The molecule has 6 nitrogen and oxygen atoms in total. The summed E-state index contributed by atoms with van der Waals surface area (Å²) in [6, 6.07) is 5.74. The monoisotopic (exact) mass is 344 g/mol. The molecule has 0 unspecified atom stereocenters. The highest BCUT2D eigenvalue weighted by atomic mass is 16.5. The van der Waals surface area contributed by atoms with Gasteiger partial charge in [-0.3, -0.25) is 4.79 Å². The highest BCUT2D eigenvalue weighted by Gasteiger charge is 2.21. The lowest BCUT2D eigenvalue weighted by atomic mass is 10.1. The smallest absolute Gasteiger partial charge is 0.355 e. The van der Waals surface area contributed by atoms with Crippen molar-refractivity contribution >= 4 is 17.6 Å². The summed E-state index contributed by atoms with van der Waals surface area (Å²) in [5, 5.41) is 12.5. The van der Waals surface area contributed by atoms with E-state index in [1.54, 1.807) is 20.8 Å². The number of hydrogen-bond donors (Lipinski definition) is 3. The Morgan fingerprint density at radius 3 is 2.52 bits per heavy atom. The molecule has 3 N–H and O–H groups in total. The van der Waals surface area contributed by atoms with E-state index in [9.17, 15) is 14.7 Å². The maximum atomic E-state index is 12.2. The summed E-state index contributed by atoms with van der Waals surface area (Å²) in [6.45, 7) is 8.59. The molecule has 2 aromatic rings. The van der Waals surface area contributed by atoms with E-state index in [0.29, 0.717) is 22.5 Å². The highest BCUT2D eigenvalue weighted by molar-refractivity contribution is 5.96. The highest BCUT2D eigenvalue weighted by Crippen LogP contribution is 2.24. The van der Waals surface area contributed by atoms with Crippen LogP contribution in [-0.4, -0.2) is 28.6 Å². The van der Waals surface area contributed by atoms with Gasteiger partial charge in [0.15, 0.2) is 6.61 Å². The molecule has 1 heterocycles. The van der Waals surface area contributed by atoms with Crippen molar-refractivity contribution in [3.8, 4) is 0 Å². The first-order valence-corrected chi connectivity index (χ1v) is 8.12. The number of aryl methyl sites for hydroxylation is 3. The van der Waals surface area contributed by atoms with Crippen molar-refractivity contribution in [3.63, 3.8) is 0 Å². The minimum atomic E-state index is -0.689. The molecule has 0 saturated carbocycles. The quantitative estimate of drug-likeness (QED) is 0.727. The molecule has 0 aliphatic rings. The lowest BCUT2D eigenvalue weighted by Gasteiger charge is -2.10. The third-order valence-electron chi connectivity index (χ3n) is 4.12. The first kappa shape index (κ1) is 18.7. The van der Waals surface area contributed by atoms with Crippen LogP contribution in [0.15, 0.2) is 18.2 Å². The van der Waals surface area contributed by atoms with E-state index in [2.05, 4.69) is 10.3 Å². The topological polar surface area (TPSA) is 91.4 Å². The fraction of sp³-hybridized carbons (Fsp3) is 0.368. The largest absolute Gasteiger partial charge is 0.451 e. The molecule has 0 radical (unpaired) electrons. The fourth-order valence-corrected chi connectivity index (χ4v) is 2.86. The van der Waals surface area contributed by atoms with E-state index in [1.165, 1.54) is 0 Å². The Balaban J connectivity index is 2.01. The molecule has 134 valence electrons. The Morgan fingerprint density at radius 1 is 1.24 bits per heavy atom. The van der Waals surface area contributed by atoms with E-state index >= 15 is 0 Å². The molecular weight excluding hydrogens is 320 g/mol. The van der Waals surface area contributed by atoms with Gasteiger partial charge in [0.2, 0.25) is 0 Å². The first-order chi connectivity index (χ1) is 11.7. The second kappa shape index (κ2) is 7.53. The van der Waals surface area contributed by atoms with Crippen molar-refractivity contribution in [1.82, 2.24) is 4.98 Å². The van der Waals surface area contributed by atoms with Crippen molar-refractivity contribution in [1.29, 1.82) is 0 Å². The van der Waals surface area contributed by atoms with Crippen LogP contribution in [0.25, 0.3) is 0 Å². The van der Waals surface area contributed by atoms with Crippen LogP contribution < -0.4 is 5.32 Å². The predicted octanol–water partition coefficient (Wildman–Crippen LogP) is 3.10. The normalized spacial score (nSPS) is 11.9. The van der Waals surface area contributed by atoms with Gasteiger partial charge in [0.25, 0.3) is 5.91 Å². The lowest BCUT2D eigenvalue weighted by Crippen LogP contribution is -2.21. The molecule has 0 saturated heterocycles. The summed E-state index contributed by atoms with van der Waals surface area (Å²) in [4.78, 5) is 27.2. The zero-order valence-electron chi connectivity index (χ0n) is 15.2. The third kappa shape index (κ3) is 4.28. The number of aromatic amines is 1. The van der Waals surface area contributed by atoms with Gasteiger partial charge in [-0.2, -0.15) is 0 Å². The van der Waals surface area contributed by atoms with Crippen molar-refractivity contribution in [3.05, 3.63) is 51.8 Å². The van der Waals surface area contributed by atoms with Crippen LogP contribution >= 0.6 is 0 Å². The maximum Gasteiger partial charge on any atom is 0.355 e. The van der Waals surface area contributed by atoms with Crippen LogP contribution in [0.4, 0.5) is 5.69 Å². The summed E-state index contributed by atoms with van der Waals surface area (Å²) in [5.74, 6) is -1.03. The van der Waals surface area contributed by atoms with Gasteiger partial charge in [0.05, 0.1) is 6.10 Å². The van der Waals surface area contributed by atoms with Gasteiger partial charge in [0, 0.05) is 16.9 Å². The number of ether oxygens (including phenoxy) is 1. The van der Waals surface area contributed by atoms with Crippen LogP contribution in [0.5, 0.6) is 0 Å². The van der Waals surface area contributed by atoms with Gasteiger partial charge in [-0.1, -0.05) is 12.1 Å². The number of hydrogen-bond acceptors (Lipinski definition) is 4. The molecule has 0 aliphatic carbocycles. The number of aromatic nitrogens is 1. The van der Waals surface area contributed by atoms with Gasteiger partial charge in [0.1, 0.15) is 5.69 Å². The summed E-state index contributed by atoms with van der Waals surface area (Å²) >= 11 is 0. The Morgan fingerprint density at radius 2 is 1.92 bits per heavy atom. The van der Waals surface area contributed by atoms with E-state index < -0.39 is 18.0 Å². The summed E-state index contributed by atoms with van der Waals surface area (Å²) in [6.07, 6.45) is -0.689. The molecule has 1 aromatic carbocycles. The molecule has 0 spiro atoms. The predicted molar refractivity (Wildman–Crippen MR) is 95.7 cm³/mol. The number of benzene rings is 1. The third-order valence-corrected chi connectivity index (χ3v) is 4.12. The molecule has 1 atom stereocenters. The van der Waals surface area contributed by atoms with Crippen LogP contribution in [0, 0.1) is 27.7 Å². The van der Waals surface area contributed by atoms with Crippen LogP contribution in [0.2, 0.25) is 0 Å². The number of aliphatic hydroxyl groups excluding tert-OH is 1. The van der Waals surface area contributed by atoms with Gasteiger partial charge in [-0.05, 0) is 57.4 Å². The van der Waals surface area contributed by atoms with Crippen molar-refractivity contribution in [2.24, 2.45) is 0 Å². The van der Waals surface area contributed by atoms with E-state index in [-0.39, 0.29) is 12.3 Å². The zero-order valence-corrected chi connectivity index (χ0v) is 15.2.